The third-order valence-corrected chi connectivity index (χ3v) is 7.01. The van der Waals surface area contributed by atoms with Crippen molar-refractivity contribution in [3.63, 3.8) is 0 Å². The van der Waals surface area contributed by atoms with Crippen LogP contribution >= 0.6 is 0 Å². The molecule has 26 heavy (non-hydrogen) atoms. The van der Waals surface area contributed by atoms with Crippen molar-refractivity contribution in [2.75, 3.05) is 38.2 Å². The number of aryl methyl sites for hydroxylation is 1. The fourth-order valence-corrected chi connectivity index (χ4v) is 6.10. The van der Waals surface area contributed by atoms with Crippen molar-refractivity contribution in [1.82, 2.24) is 9.80 Å². The predicted octanol–water partition coefficient (Wildman–Crippen LogP) is 1.58. The molecule has 3 rings (SSSR count). The van der Waals surface area contributed by atoms with E-state index in [1.807, 2.05) is 13.0 Å². The van der Waals surface area contributed by atoms with Crippen LogP contribution in [0.15, 0.2) is 18.2 Å². The van der Waals surface area contributed by atoms with Gasteiger partial charge in [-0.2, -0.15) is 0 Å². The highest BCUT2D eigenvalue weighted by Crippen LogP contribution is 2.29. The maximum atomic E-state index is 13.1. The number of piperazine rings is 1. The molecule has 2 aliphatic rings. The summed E-state index contributed by atoms with van der Waals surface area (Å²) < 4.78 is 29.9. The molecule has 0 aromatic heterocycles. The van der Waals surface area contributed by atoms with Crippen molar-refractivity contribution in [1.29, 1.82) is 0 Å². The third kappa shape index (κ3) is 3.74. The van der Waals surface area contributed by atoms with Crippen LogP contribution in [0.2, 0.25) is 0 Å². The summed E-state index contributed by atoms with van der Waals surface area (Å²) in [5, 5.41) is 0. The fraction of sp³-hybridized carbons (Fsp3) is 0.632. The molecular weight excluding hydrogens is 352 g/mol. The fourth-order valence-electron chi connectivity index (χ4n) is 4.09. The third-order valence-electron chi connectivity index (χ3n) is 5.31. The lowest BCUT2D eigenvalue weighted by atomic mass is 10.0. The van der Waals surface area contributed by atoms with Crippen molar-refractivity contribution in [2.24, 2.45) is 5.92 Å². The zero-order valence-corrected chi connectivity index (χ0v) is 16.8. The number of amides is 1. The molecule has 2 aliphatic heterocycles. The molecule has 0 saturated carbocycles. The molecule has 0 aliphatic carbocycles. The van der Waals surface area contributed by atoms with Gasteiger partial charge in [-0.15, -0.1) is 0 Å². The molecule has 2 unspecified atom stereocenters. The van der Waals surface area contributed by atoms with Crippen LogP contribution in [0.4, 0.5) is 0 Å². The van der Waals surface area contributed by atoms with Gasteiger partial charge in [-0.05, 0) is 30.5 Å². The van der Waals surface area contributed by atoms with Gasteiger partial charge in [0.1, 0.15) is 5.75 Å². The second-order valence-corrected chi connectivity index (χ2v) is 9.94. The molecule has 6 nitrogen and oxygen atoms in total. The van der Waals surface area contributed by atoms with Gasteiger partial charge in [0.15, 0.2) is 9.84 Å². The first kappa shape index (κ1) is 19.2. The molecule has 0 bridgehead atoms. The summed E-state index contributed by atoms with van der Waals surface area (Å²) in [6.45, 7) is 8.32. The van der Waals surface area contributed by atoms with Gasteiger partial charge in [0.05, 0.1) is 24.7 Å². The molecule has 7 heteroatoms. The van der Waals surface area contributed by atoms with Crippen LogP contribution in [0.5, 0.6) is 5.75 Å². The van der Waals surface area contributed by atoms with Gasteiger partial charge in [-0.1, -0.05) is 19.9 Å². The van der Waals surface area contributed by atoms with E-state index in [1.165, 1.54) is 0 Å². The van der Waals surface area contributed by atoms with Gasteiger partial charge >= 0.3 is 0 Å². The molecule has 1 aromatic carbocycles. The summed E-state index contributed by atoms with van der Waals surface area (Å²) in [4.78, 5) is 17.1. The van der Waals surface area contributed by atoms with Crippen LogP contribution in [-0.2, 0) is 9.84 Å². The van der Waals surface area contributed by atoms with E-state index >= 15 is 0 Å². The van der Waals surface area contributed by atoms with Crippen molar-refractivity contribution < 1.29 is 17.9 Å². The first-order chi connectivity index (χ1) is 12.2. The number of sulfone groups is 1. The zero-order chi connectivity index (χ0) is 19.1. The summed E-state index contributed by atoms with van der Waals surface area (Å²) in [7, 11) is -1.54. The van der Waals surface area contributed by atoms with Crippen molar-refractivity contribution >= 4 is 15.7 Å². The highest BCUT2D eigenvalue weighted by atomic mass is 32.2. The highest BCUT2D eigenvalue weighted by molar-refractivity contribution is 7.91. The van der Waals surface area contributed by atoms with Gasteiger partial charge in [0, 0.05) is 31.2 Å². The molecule has 0 spiro atoms. The summed E-state index contributed by atoms with van der Waals surface area (Å²) >= 11 is 0. The molecule has 0 radical (unpaired) electrons. The number of ether oxygens (including phenoxy) is 1. The number of benzene rings is 1. The zero-order valence-electron chi connectivity index (χ0n) is 15.9. The Balaban J connectivity index is 1.87. The van der Waals surface area contributed by atoms with Gasteiger partial charge in [0.25, 0.3) is 5.91 Å². The quantitative estimate of drug-likeness (QED) is 0.793. The van der Waals surface area contributed by atoms with E-state index < -0.39 is 9.84 Å². The first-order valence-electron chi connectivity index (χ1n) is 9.12. The van der Waals surface area contributed by atoms with Gasteiger partial charge in [0.2, 0.25) is 0 Å². The van der Waals surface area contributed by atoms with E-state index in [-0.39, 0.29) is 29.5 Å². The van der Waals surface area contributed by atoms with E-state index in [4.69, 9.17) is 4.74 Å². The topological polar surface area (TPSA) is 66.9 Å². The molecule has 1 aromatic rings. The SMILES string of the molecule is COc1cc(C(=O)N2CCN(CC(C)C)C3CS(=O)(=O)CC32)ccc1C. The van der Waals surface area contributed by atoms with E-state index in [0.29, 0.717) is 30.3 Å². The van der Waals surface area contributed by atoms with Crippen LogP contribution in [-0.4, -0.2) is 74.5 Å². The second kappa shape index (κ2) is 7.19. The number of hydrogen-bond acceptors (Lipinski definition) is 5. The Labute approximate surface area is 156 Å². The number of rotatable bonds is 4. The molecule has 2 heterocycles. The molecule has 0 N–H and O–H groups in total. The standard InChI is InChI=1S/C19H28N2O4S/c1-13(2)10-20-7-8-21(17-12-26(23,24)11-16(17)20)19(22)15-6-5-14(3)18(9-15)25-4/h5-6,9,13,16-17H,7-8,10-12H2,1-4H3. The normalized spacial score (nSPS) is 25.3. The minimum atomic E-state index is -3.13. The highest BCUT2D eigenvalue weighted by Gasteiger charge is 2.48. The maximum Gasteiger partial charge on any atom is 0.254 e. The van der Waals surface area contributed by atoms with Gasteiger partial charge in [-0.3, -0.25) is 9.69 Å². The molecule has 2 atom stereocenters. The summed E-state index contributed by atoms with van der Waals surface area (Å²) in [6.07, 6.45) is 0. The van der Waals surface area contributed by atoms with Crippen LogP contribution in [0.3, 0.4) is 0 Å². The van der Waals surface area contributed by atoms with Crippen molar-refractivity contribution in [3.05, 3.63) is 29.3 Å². The Hall–Kier alpha value is -1.60. The number of methoxy groups -OCH3 is 1. The number of fused-ring (bicyclic) bond motifs is 1. The van der Waals surface area contributed by atoms with Crippen LogP contribution in [0, 0.1) is 12.8 Å². The van der Waals surface area contributed by atoms with Gasteiger partial charge in [-0.25, -0.2) is 8.42 Å². The lowest BCUT2D eigenvalue weighted by molar-refractivity contribution is 0.0297. The van der Waals surface area contributed by atoms with E-state index in [9.17, 15) is 13.2 Å². The van der Waals surface area contributed by atoms with Gasteiger partial charge < -0.3 is 9.64 Å². The summed E-state index contributed by atoms with van der Waals surface area (Å²) in [5.41, 5.74) is 1.51. The average Bonchev–Trinajstić information content (AvgIpc) is 2.90. The predicted molar refractivity (Wildman–Crippen MR) is 101 cm³/mol. The minimum Gasteiger partial charge on any atom is -0.496 e. The maximum absolute atomic E-state index is 13.1. The van der Waals surface area contributed by atoms with Crippen LogP contribution in [0.1, 0.15) is 29.8 Å². The molecular formula is C19H28N2O4S. The first-order valence-corrected chi connectivity index (χ1v) is 10.9. The number of carbonyl (C=O) groups excluding carboxylic acids is 1. The smallest absolute Gasteiger partial charge is 0.254 e. The Morgan fingerprint density at radius 2 is 1.92 bits per heavy atom. The Kier molecular flexibility index (Phi) is 5.30. The van der Waals surface area contributed by atoms with Crippen molar-refractivity contribution in [2.45, 2.75) is 32.9 Å². The molecule has 2 fully saturated rings. The number of hydrogen-bond donors (Lipinski definition) is 0. The van der Waals surface area contributed by atoms with Crippen molar-refractivity contribution in [3.8, 4) is 5.75 Å². The molecule has 144 valence electrons. The molecule has 2 saturated heterocycles. The van der Waals surface area contributed by atoms with E-state index in [2.05, 4.69) is 18.7 Å². The van der Waals surface area contributed by atoms with E-state index in [0.717, 1.165) is 12.1 Å². The summed E-state index contributed by atoms with van der Waals surface area (Å²) in [6, 6.07) is 5.03. The van der Waals surface area contributed by atoms with Crippen LogP contribution < -0.4 is 4.74 Å². The Bertz CT molecular complexity index is 791. The Morgan fingerprint density at radius 1 is 1.23 bits per heavy atom. The lowest BCUT2D eigenvalue weighted by Crippen LogP contribution is -2.61. The van der Waals surface area contributed by atoms with E-state index in [1.54, 1.807) is 24.1 Å². The monoisotopic (exact) mass is 380 g/mol. The van der Waals surface area contributed by atoms with Crippen LogP contribution in [0.25, 0.3) is 0 Å². The Morgan fingerprint density at radius 3 is 2.58 bits per heavy atom. The second-order valence-electron chi connectivity index (χ2n) is 7.78. The number of nitrogens with zero attached hydrogens (tertiary/aromatic N) is 2. The summed E-state index contributed by atoms with van der Waals surface area (Å²) in [5.74, 6) is 1.22. The lowest BCUT2D eigenvalue weighted by Gasteiger charge is -2.44. The average molecular weight is 381 g/mol. The molecule has 1 amide bonds. The number of carbonyl (C=O) groups is 1. The largest absolute Gasteiger partial charge is 0.496 e. The minimum absolute atomic E-state index is 0.0565.